The first kappa shape index (κ1) is 20.8. The van der Waals surface area contributed by atoms with Crippen LogP contribution in [-0.4, -0.2) is 18.9 Å². The maximum absolute atomic E-state index is 12.6. The van der Waals surface area contributed by atoms with Crippen molar-refractivity contribution >= 4 is 48.9 Å². The van der Waals surface area contributed by atoms with Crippen molar-refractivity contribution in [3.05, 3.63) is 88.0 Å². The summed E-state index contributed by atoms with van der Waals surface area (Å²) in [6.07, 6.45) is 0. The number of nitrogens with one attached hydrogen (secondary N) is 2. The second-order valence-corrected chi connectivity index (χ2v) is 9.42. The number of thiazole rings is 1. The van der Waals surface area contributed by atoms with Gasteiger partial charge in [0.15, 0.2) is 0 Å². The summed E-state index contributed by atoms with van der Waals surface area (Å²) in [4.78, 5) is 24.7. The molecule has 2 N–H and O–H groups in total. The molecule has 1 amide bonds. The Kier molecular flexibility index (Phi) is 5.62. The number of hydrogen-bond acceptors (Lipinski definition) is 5. The van der Waals surface area contributed by atoms with Gasteiger partial charge in [-0.25, -0.2) is 8.42 Å². The minimum atomic E-state index is -3.70. The molecular weight excluding hydrogens is 434 g/mol. The van der Waals surface area contributed by atoms with Crippen LogP contribution < -0.4 is 14.9 Å². The van der Waals surface area contributed by atoms with E-state index in [9.17, 15) is 18.0 Å². The number of sulfonamides is 1. The van der Waals surface area contributed by atoms with Crippen molar-refractivity contribution in [2.24, 2.45) is 0 Å². The molecule has 0 radical (unpaired) electrons. The van der Waals surface area contributed by atoms with Crippen LogP contribution in [0.2, 0.25) is 0 Å². The molecule has 0 saturated carbocycles. The highest BCUT2D eigenvalue weighted by Gasteiger charge is 2.14. The third-order valence-corrected chi connectivity index (χ3v) is 7.03. The lowest BCUT2D eigenvalue weighted by atomic mass is 10.2. The van der Waals surface area contributed by atoms with Gasteiger partial charge in [0, 0.05) is 23.5 Å². The smallest absolute Gasteiger partial charge is 0.308 e. The zero-order valence-electron chi connectivity index (χ0n) is 16.5. The van der Waals surface area contributed by atoms with Gasteiger partial charge in [-0.05, 0) is 61.5 Å². The minimum Gasteiger partial charge on any atom is -0.322 e. The molecule has 158 valence electrons. The molecule has 0 unspecified atom stereocenters. The molecule has 0 spiro atoms. The Labute approximate surface area is 183 Å². The zero-order chi connectivity index (χ0) is 22.0. The van der Waals surface area contributed by atoms with Gasteiger partial charge in [0.2, 0.25) is 0 Å². The number of hydrogen-bond donors (Lipinski definition) is 2. The number of fused-ring (bicyclic) bond motifs is 1. The molecule has 7 nitrogen and oxygen atoms in total. The van der Waals surface area contributed by atoms with Crippen LogP contribution in [0.1, 0.15) is 17.3 Å². The topological polar surface area (TPSA) is 97.3 Å². The molecule has 4 rings (SSSR count). The van der Waals surface area contributed by atoms with Crippen molar-refractivity contribution < 1.29 is 13.2 Å². The third-order valence-electron chi connectivity index (χ3n) is 4.70. The summed E-state index contributed by atoms with van der Waals surface area (Å²) in [6.45, 7) is 2.50. The van der Waals surface area contributed by atoms with E-state index in [0.717, 1.165) is 21.6 Å². The molecule has 0 fully saturated rings. The van der Waals surface area contributed by atoms with E-state index in [2.05, 4.69) is 10.0 Å². The molecule has 0 aliphatic carbocycles. The first-order chi connectivity index (χ1) is 14.9. The Morgan fingerprint density at radius 3 is 2.32 bits per heavy atom. The normalized spacial score (nSPS) is 11.4. The highest BCUT2D eigenvalue weighted by atomic mass is 32.2. The fraction of sp³-hybridized carbons (Fsp3) is 0.0909. The van der Waals surface area contributed by atoms with E-state index in [-0.39, 0.29) is 15.7 Å². The molecule has 3 aromatic carbocycles. The van der Waals surface area contributed by atoms with Crippen LogP contribution >= 0.6 is 11.3 Å². The molecule has 1 heterocycles. The van der Waals surface area contributed by atoms with Crippen LogP contribution in [0.5, 0.6) is 0 Å². The number of nitrogens with zero attached hydrogens (tertiary/aromatic N) is 1. The van der Waals surface area contributed by atoms with Crippen molar-refractivity contribution in [2.45, 2.75) is 18.4 Å². The number of benzene rings is 3. The van der Waals surface area contributed by atoms with Gasteiger partial charge in [0.05, 0.1) is 15.1 Å². The summed E-state index contributed by atoms with van der Waals surface area (Å²) >= 11 is 1.14. The Hall–Kier alpha value is -3.43. The third kappa shape index (κ3) is 4.37. The zero-order valence-corrected chi connectivity index (χ0v) is 18.2. The Morgan fingerprint density at radius 1 is 0.968 bits per heavy atom. The summed E-state index contributed by atoms with van der Waals surface area (Å²) in [6, 6.07) is 19.5. The van der Waals surface area contributed by atoms with E-state index in [1.165, 1.54) is 24.3 Å². The molecule has 4 aromatic rings. The van der Waals surface area contributed by atoms with Crippen LogP contribution in [-0.2, 0) is 16.6 Å². The van der Waals surface area contributed by atoms with Crippen LogP contribution in [0.3, 0.4) is 0 Å². The fourth-order valence-electron chi connectivity index (χ4n) is 3.15. The van der Waals surface area contributed by atoms with Crippen LogP contribution in [0.4, 0.5) is 11.4 Å². The maximum Gasteiger partial charge on any atom is 0.308 e. The van der Waals surface area contributed by atoms with Crippen LogP contribution in [0.15, 0.2) is 82.5 Å². The minimum absolute atomic E-state index is 0.0329. The van der Waals surface area contributed by atoms with E-state index in [1.807, 2.05) is 13.0 Å². The summed E-state index contributed by atoms with van der Waals surface area (Å²) in [5, 5.41) is 2.81. The summed E-state index contributed by atoms with van der Waals surface area (Å²) < 4.78 is 29.8. The average Bonchev–Trinajstić information content (AvgIpc) is 3.08. The van der Waals surface area contributed by atoms with Gasteiger partial charge in [-0.1, -0.05) is 29.5 Å². The molecule has 0 aliphatic rings. The Morgan fingerprint density at radius 2 is 1.65 bits per heavy atom. The van der Waals surface area contributed by atoms with Crippen molar-refractivity contribution in [3.8, 4) is 0 Å². The molecule has 0 atom stereocenters. The van der Waals surface area contributed by atoms with Gasteiger partial charge in [-0.2, -0.15) is 0 Å². The number of aromatic nitrogens is 1. The molecule has 0 aliphatic heterocycles. The van der Waals surface area contributed by atoms with Crippen LogP contribution in [0.25, 0.3) is 10.2 Å². The number of rotatable bonds is 6. The monoisotopic (exact) mass is 453 g/mol. The van der Waals surface area contributed by atoms with Gasteiger partial charge in [-0.3, -0.25) is 18.9 Å². The first-order valence-electron chi connectivity index (χ1n) is 9.50. The predicted molar refractivity (Wildman–Crippen MR) is 123 cm³/mol. The summed E-state index contributed by atoms with van der Waals surface area (Å²) in [5.74, 6) is -0.334. The Balaban J connectivity index is 1.48. The Bertz CT molecular complexity index is 1410. The lowest BCUT2D eigenvalue weighted by Crippen LogP contribution is -2.14. The second-order valence-electron chi connectivity index (χ2n) is 6.74. The molecule has 0 saturated heterocycles. The van der Waals surface area contributed by atoms with Crippen molar-refractivity contribution in [1.82, 2.24) is 4.57 Å². The largest absolute Gasteiger partial charge is 0.322 e. The molecule has 9 heteroatoms. The van der Waals surface area contributed by atoms with E-state index in [0.29, 0.717) is 23.5 Å². The maximum atomic E-state index is 12.6. The van der Waals surface area contributed by atoms with E-state index < -0.39 is 10.0 Å². The number of amides is 1. The molecule has 1 aromatic heterocycles. The average molecular weight is 454 g/mol. The van der Waals surface area contributed by atoms with Gasteiger partial charge in [-0.15, -0.1) is 0 Å². The number of anilines is 2. The van der Waals surface area contributed by atoms with Gasteiger partial charge in [0.25, 0.3) is 15.9 Å². The number of carbonyl (C=O) groups excluding carboxylic acids is 1. The second kappa shape index (κ2) is 8.37. The highest BCUT2D eigenvalue weighted by molar-refractivity contribution is 7.92. The van der Waals surface area contributed by atoms with E-state index >= 15 is 0 Å². The van der Waals surface area contributed by atoms with E-state index in [1.54, 1.807) is 47.0 Å². The number of aryl methyl sites for hydroxylation is 1. The lowest BCUT2D eigenvalue weighted by molar-refractivity contribution is 0.102. The highest BCUT2D eigenvalue weighted by Crippen LogP contribution is 2.23. The first-order valence-corrected chi connectivity index (χ1v) is 11.8. The van der Waals surface area contributed by atoms with Crippen molar-refractivity contribution in [2.75, 3.05) is 10.0 Å². The standard InChI is InChI=1S/C22H19N3O4S2/c1-2-25-19-13-12-17(14-20(19)30-22(25)27)23-21(26)15-8-10-16(11-9-15)24-31(28,29)18-6-4-3-5-7-18/h3-14,24H,2H2,1H3,(H,23,26). The molecular formula is C22H19N3O4S2. The summed E-state index contributed by atoms with van der Waals surface area (Å²) in [7, 11) is -3.70. The van der Waals surface area contributed by atoms with Gasteiger partial charge < -0.3 is 5.32 Å². The summed E-state index contributed by atoms with van der Waals surface area (Å²) in [5.41, 5.74) is 2.15. The fourth-order valence-corrected chi connectivity index (χ4v) is 5.22. The van der Waals surface area contributed by atoms with Gasteiger partial charge in [0.1, 0.15) is 0 Å². The van der Waals surface area contributed by atoms with Crippen molar-refractivity contribution in [3.63, 3.8) is 0 Å². The van der Waals surface area contributed by atoms with E-state index in [4.69, 9.17) is 0 Å². The predicted octanol–water partition coefficient (Wildman–Crippen LogP) is 4.14. The van der Waals surface area contributed by atoms with Crippen molar-refractivity contribution in [1.29, 1.82) is 0 Å². The van der Waals surface area contributed by atoms with Crippen LogP contribution in [0, 0.1) is 0 Å². The molecule has 31 heavy (non-hydrogen) atoms. The quantitative estimate of drug-likeness (QED) is 0.459. The lowest BCUT2D eigenvalue weighted by Gasteiger charge is -2.09. The van der Waals surface area contributed by atoms with Gasteiger partial charge >= 0.3 is 4.87 Å². The number of carbonyl (C=O) groups is 1. The SMILES string of the molecule is CCn1c(=O)sc2cc(NC(=O)c3ccc(NS(=O)(=O)c4ccccc4)cc3)ccc21. The molecule has 0 bridgehead atoms.